The van der Waals surface area contributed by atoms with Gasteiger partial charge in [-0.1, -0.05) is 24.3 Å². The Bertz CT molecular complexity index is 797. The Morgan fingerprint density at radius 1 is 1.20 bits per heavy atom. The summed E-state index contributed by atoms with van der Waals surface area (Å²) < 4.78 is 38.1. The van der Waals surface area contributed by atoms with Crippen LogP contribution in [0.5, 0.6) is 0 Å². The Morgan fingerprint density at radius 2 is 1.92 bits per heavy atom. The summed E-state index contributed by atoms with van der Waals surface area (Å²) in [5.41, 5.74) is 0.609. The Labute approximate surface area is 143 Å². The molecule has 1 amide bonds. The third-order valence-corrected chi connectivity index (χ3v) is 3.52. The van der Waals surface area contributed by atoms with Crippen LogP contribution in [-0.4, -0.2) is 11.9 Å². The van der Waals surface area contributed by atoms with E-state index in [1.165, 1.54) is 12.1 Å². The van der Waals surface area contributed by atoms with E-state index in [4.69, 9.17) is 5.26 Å². The van der Waals surface area contributed by atoms with Crippen LogP contribution in [0.2, 0.25) is 0 Å². The highest BCUT2D eigenvalue weighted by molar-refractivity contribution is 5.94. The maximum Gasteiger partial charge on any atom is 0.416 e. The number of halogens is 3. The fourth-order valence-corrected chi connectivity index (χ4v) is 2.14. The van der Waals surface area contributed by atoms with Crippen molar-refractivity contribution in [3.05, 3.63) is 65.2 Å². The molecule has 0 saturated heterocycles. The average Bonchev–Trinajstić information content (AvgIpc) is 2.59. The first-order valence-electron chi connectivity index (χ1n) is 7.50. The van der Waals surface area contributed by atoms with Gasteiger partial charge in [0, 0.05) is 12.2 Å². The second-order valence-electron chi connectivity index (χ2n) is 5.48. The van der Waals surface area contributed by atoms with Gasteiger partial charge in [-0.25, -0.2) is 0 Å². The van der Waals surface area contributed by atoms with Gasteiger partial charge >= 0.3 is 6.18 Å². The van der Waals surface area contributed by atoms with E-state index < -0.39 is 17.8 Å². The molecule has 130 valence electrons. The van der Waals surface area contributed by atoms with Gasteiger partial charge in [0.25, 0.3) is 0 Å². The molecule has 0 aliphatic carbocycles. The topological polar surface area (TPSA) is 64.9 Å². The Hall–Kier alpha value is -2.85. The molecular weight excluding hydrogens is 331 g/mol. The second-order valence-corrected chi connectivity index (χ2v) is 5.48. The highest BCUT2D eigenvalue weighted by atomic mass is 19.4. The summed E-state index contributed by atoms with van der Waals surface area (Å²) >= 11 is 0. The second kappa shape index (κ2) is 7.81. The van der Waals surface area contributed by atoms with Gasteiger partial charge < -0.3 is 10.6 Å². The van der Waals surface area contributed by atoms with E-state index in [0.717, 1.165) is 12.1 Å². The molecular formula is C18H16F3N3O. The number of carbonyl (C=O) groups excluding carboxylic acids is 1. The van der Waals surface area contributed by atoms with Crippen molar-refractivity contribution in [3.63, 3.8) is 0 Å². The minimum absolute atomic E-state index is 0.122. The van der Waals surface area contributed by atoms with E-state index in [2.05, 4.69) is 10.6 Å². The van der Waals surface area contributed by atoms with Crippen LogP contribution in [0.15, 0.2) is 48.5 Å². The maximum atomic E-state index is 12.7. The van der Waals surface area contributed by atoms with Gasteiger partial charge in [-0.3, -0.25) is 4.79 Å². The van der Waals surface area contributed by atoms with Crippen LogP contribution in [0.25, 0.3) is 0 Å². The molecule has 0 aliphatic heterocycles. The molecule has 2 N–H and O–H groups in total. The lowest BCUT2D eigenvalue weighted by Crippen LogP contribution is -2.37. The SMILES string of the molecule is C[C@@H](NCc1cccc(C(F)(F)F)c1)C(=O)Nc1cccc(C#N)c1. The van der Waals surface area contributed by atoms with Crippen LogP contribution >= 0.6 is 0 Å². The van der Waals surface area contributed by atoms with Gasteiger partial charge in [0.05, 0.1) is 23.2 Å². The molecule has 25 heavy (non-hydrogen) atoms. The predicted octanol–water partition coefficient (Wildman–Crippen LogP) is 3.69. The smallest absolute Gasteiger partial charge is 0.325 e. The number of rotatable bonds is 5. The molecule has 0 unspecified atom stereocenters. The van der Waals surface area contributed by atoms with Crippen molar-refractivity contribution in [2.24, 2.45) is 0 Å². The molecule has 2 rings (SSSR count). The molecule has 0 radical (unpaired) electrons. The van der Waals surface area contributed by atoms with E-state index in [1.54, 1.807) is 31.2 Å². The number of hydrogen-bond donors (Lipinski definition) is 2. The van der Waals surface area contributed by atoms with Crippen molar-refractivity contribution in [1.29, 1.82) is 5.26 Å². The zero-order valence-electron chi connectivity index (χ0n) is 13.4. The number of nitriles is 1. The molecule has 0 saturated carbocycles. The molecule has 0 bridgehead atoms. The summed E-state index contributed by atoms with van der Waals surface area (Å²) in [7, 11) is 0. The number of nitrogens with one attached hydrogen (secondary N) is 2. The molecule has 7 heteroatoms. The zero-order chi connectivity index (χ0) is 18.4. The number of benzene rings is 2. The summed E-state index contributed by atoms with van der Waals surface area (Å²) in [6.07, 6.45) is -4.40. The molecule has 2 aromatic rings. The third kappa shape index (κ3) is 5.33. The van der Waals surface area contributed by atoms with Gasteiger partial charge in [-0.2, -0.15) is 18.4 Å². The van der Waals surface area contributed by atoms with Crippen LogP contribution in [-0.2, 0) is 17.5 Å². The lowest BCUT2D eigenvalue weighted by atomic mass is 10.1. The van der Waals surface area contributed by atoms with Gasteiger partial charge in [-0.05, 0) is 36.8 Å². The van der Waals surface area contributed by atoms with Crippen molar-refractivity contribution in [2.75, 3.05) is 5.32 Å². The Morgan fingerprint density at radius 3 is 2.60 bits per heavy atom. The molecule has 0 heterocycles. The van der Waals surface area contributed by atoms with E-state index in [-0.39, 0.29) is 12.5 Å². The summed E-state index contributed by atoms with van der Waals surface area (Å²) in [6.45, 7) is 1.73. The molecule has 4 nitrogen and oxygen atoms in total. The molecule has 0 fully saturated rings. The van der Waals surface area contributed by atoms with Gasteiger partial charge in [0.2, 0.25) is 5.91 Å². The van der Waals surface area contributed by atoms with Crippen molar-refractivity contribution >= 4 is 11.6 Å². The highest BCUT2D eigenvalue weighted by Crippen LogP contribution is 2.29. The predicted molar refractivity (Wildman–Crippen MR) is 87.5 cm³/mol. The molecule has 1 atom stereocenters. The standard InChI is InChI=1S/C18H16F3N3O/c1-12(17(25)24-16-7-3-4-13(9-16)10-22)23-11-14-5-2-6-15(8-14)18(19,20)21/h2-9,12,23H,11H2,1H3,(H,24,25)/t12-/m1/s1. The summed E-state index contributed by atoms with van der Waals surface area (Å²) in [6, 6.07) is 12.7. The summed E-state index contributed by atoms with van der Waals surface area (Å²) in [5.74, 6) is -0.345. The summed E-state index contributed by atoms with van der Waals surface area (Å²) in [5, 5.41) is 14.4. The van der Waals surface area contributed by atoms with Crippen molar-refractivity contribution < 1.29 is 18.0 Å². The van der Waals surface area contributed by atoms with E-state index >= 15 is 0 Å². The normalized spacial score (nSPS) is 12.3. The lowest BCUT2D eigenvalue weighted by Gasteiger charge is -2.15. The first-order chi connectivity index (χ1) is 11.8. The number of nitrogens with zero attached hydrogens (tertiary/aromatic N) is 1. The number of alkyl halides is 3. The van der Waals surface area contributed by atoms with Crippen molar-refractivity contribution in [1.82, 2.24) is 5.32 Å². The number of hydrogen-bond acceptors (Lipinski definition) is 3. The molecule has 0 aliphatic rings. The molecule has 0 spiro atoms. The zero-order valence-corrected chi connectivity index (χ0v) is 13.4. The van der Waals surface area contributed by atoms with Crippen molar-refractivity contribution in [3.8, 4) is 6.07 Å². The lowest BCUT2D eigenvalue weighted by molar-refractivity contribution is -0.137. The van der Waals surface area contributed by atoms with Crippen LogP contribution in [0.3, 0.4) is 0 Å². The summed E-state index contributed by atoms with van der Waals surface area (Å²) in [4.78, 5) is 12.1. The van der Waals surface area contributed by atoms with Crippen LogP contribution in [0.4, 0.5) is 18.9 Å². The van der Waals surface area contributed by atoms with Gasteiger partial charge in [-0.15, -0.1) is 0 Å². The third-order valence-electron chi connectivity index (χ3n) is 3.52. The monoisotopic (exact) mass is 347 g/mol. The molecule has 0 aromatic heterocycles. The van der Waals surface area contributed by atoms with Crippen LogP contribution in [0, 0.1) is 11.3 Å². The number of amides is 1. The van der Waals surface area contributed by atoms with Crippen LogP contribution < -0.4 is 10.6 Å². The highest BCUT2D eigenvalue weighted by Gasteiger charge is 2.30. The van der Waals surface area contributed by atoms with E-state index in [0.29, 0.717) is 16.8 Å². The largest absolute Gasteiger partial charge is 0.416 e. The van der Waals surface area contributed by atoms with Crippen LogP contribution in [0.1, 0.15) is 23.6 Å². The first-order valence-corrected chi connectivity index (χ1v) is 7.50. The Balaban J connectivity index is 1.94. The fourth-order valence-electron chi connectivity index (χ4n) is 2.14. The van der Waals surface area contributed by atoms with E-state index in [1.807, 2.05) is 6.07 Å². The molecule has 2 aromatic carbocycles. The van der Waals surface area contributed by atoms with Gasteiger partial charge in [0.15, 0.2) is 0 Å². The fraction of sp³-hybridized carbons (Fsp3) is 0.222. The minimum atomic E-state index is -4.40. The first kappa shape index (κ1) is 18.5. The number of anilines is 1. The van der Waals surface area contributed by atoms with Gasteiger partial charge in [0.1, 0.15) is 0 Å². The number of carbonyl (C=O) groups is 1. The quantitative estimate of drug-likeness (QED) is 0.867. The maximum absolute atomic E-state index is 12.7. The minimum Gasteiger partial charge on any atom is -0.325 e. The van der Waals surface area contributed by atoms with E-state index in [9.17, 15) is 18.0 Å². The average molecular weight is 347 g/mol. The van der Waals surface area contributed by atoms with Crippen molar-refractivity contribution in [2.45, 2.75) is 25.7 Å². The Kier molecular flexibility index (Phi) is 5.78.